The van der Waals surface area contributed by atoms with Crippen LogP contribution in [-0.2, 0) is 9.53 Å². The summed E-state index contributed by atoms with van der Waals surface area (Å²) in [4.78, 5) is 12.0. The maximum absolute atomic E-state index is 12.0. The van der Waals surface area contributed by atoms with E-state index in [1.807, 2.05) is 37.3 Å². The fourth-order valence-corrected chi connectivity index (χ4v) is 2.22. The number of anilines is 2. The summed E-state index contributed by atoms with van der Waals surface area (Å²) in [6.07, 6.45) is 0. The van der Waals surface area contributed by atoms with Gasteiger partial charge in [0, 0.05) is 5.69 Å². The van der Waals surface area contributed by atoms with Crippen LogP contribution in [0.4, 0.5) is 11.4 Å². The predicted molar refractivity (Wildman–Crippen MR) is 85.4 cm³/mol. The highest BCUT2D eigenvalue weighted by molar-refractivity contribution is 6.33. The lowest BCUT2D eigenvalue weighted by Crippen LogP contribution is -2.22. The number of benzene rings is 2. The van der Waals surface area contributed by atoms with Crippen LogP contribution in [-0.4, -0.2) is 13.1 Å². The van der Waals surface area contributed by atoms with Crippen LogP contribution < -0.4 is 11.1 Å². The highest BCUT2D eigenvalue weighted by atomic mass is 35.5. The van der Waals surface area contributed by atoms with E-state index in [1.165, 1.54) is 7.11 Å². The predicted octanol–water partition coefficient (Wildman–Crippen LogP) is 3.56. The average molecular weight is 305 g/mol. The molecule has 0 fully saturated rings. The Balaban J connectivity index is 2.36. The van der Waals surface area contributed by atoms with E-state index in [4.69, 9.17) is 22.1 Å². The molecule has 110 valence electrons. The molecule has 1 unspecified atom stereocenters. The molecule has 0 amide bonds. The Morgan fingerprint density at radius 2 is 1.95 bits per heavy atom. The Hall–Kier alpha value is -2.20. The van der Waals surface area contributed by atoms with Crippen molar-refractivity contribution >= 4 is 28.9 Å². The van der Waals surface area contributed by atoms with Crippen LogP contribution in [0.25, 0.3) is 0 Å². The van der Waals surface area contributed by atoms with Gasteiger partial charge in [-0.15, -0.1) is 0 Å². The van der Waals surface area contributed by atoms with Crippen molar-refractivity contribution in [1.82, 2.24) is 0 Å². The van der Waals surface area contributed by atoms with Gasteiger partial charge in [0.15, 0.2) is 6.04 Å². The molecule has 21 heavy (non-hydrogen) atoms. The van der Waals surface area contributed by atoms with E-state index in [2.05, 4.69) is 5.32 Å². The smallest absolute Gasteiger partial charge is 0.332 e. The molecule has 0 spiro atoms. The first kappa shape index (κ1) is 15.2. The summed E-state index contributed by atoms with van der Waals surface area (Å²) in [6.45, 7) is 1.90. The molecular formula is C16H17ClN2O2. The van der Waals surface area contributed by atoms with Crippen molar-refractivity contribution < 1.29 is 9.53 Å². The second-order valence-corrected chi connectivity index (χ2v) is 5.11. The lowest BCUT2D eigenvalue weighted by Gasteiger charge is -2.20. The molecule has 0 saturated carbocycles. The Kier molecular flexibility index (Phi) is 4.70. The normalized spacial score (nSPS) is 11.8. The van der Waals surface area contributed by atoms with Crippen molar-refractivity contribution in [2.45, 2.75) is 13.0 Å². The van der Waals surface area contributed by atoms with Gasteiger partial charge in [0.05, 0.1) is 17.8 Å². The SMILES string of the molecule is COC(=O)C(Nc1cc(Cl)c(N)cc1C)c1ccccc1. The Morgan fingerprint density at radius 1 is 1.29 bits per heavy atom. The van der Waals surface area contributed by atoms with Crippen molar-refractivity contribution in [2.24, 2.45) is 0 Å². The fraction of sp³-hybridized carbons (Fsp3) is 0.188. The van der Waals surface area contributed by atoms with Crippen molar-refractivity contribution in [3.05, 3.63) is 58.6 Å². The van der Waals surface area contributed by atoms with Crippen molar-refractivity contribution in [1.29, 1.82) is 0 Å². The van der Waals surface area contributed by atoms with Gasteiger partial charge in [-0.1, -0.05) is 41.9 Å². The third-order valence-electron chi connectivity index (χ3n) is 3.21. The molecule has 0 aliphatic carbocycles. The Labute approximate surface area is 128 Å². The highest BCUT2D eigenvalue weighted by Gasteiger charge is 2.22. The molecule has 2 aromatic carbocycles. The van der Waals surface area contributed by atoms with E-state index in [-0.39, 0.29) is 5.97 Å². The Morgan fingerprint density at radius 3 is 2.57 bits per heavy atom. The van der Waals surface area contributed by atoms with Crippen LogP contribution >= 0.6 is 11.6 Å². The van der Waals surface area contributed by atoms with E-state index < -0.39 is 6.04 Å². The second kappa shape index (κ2) is 6.50. The zero-order valence-electron chi connectivity index (χ0n) is 11.9. The fourth-order valence-electron chi connectivity index (χ4n) is 2.06. The summed E-state index contributed by atoms with van der Waals surface area (Å²) >= 11 is 6.05. The largest absolute Gasteiger partial charge is 0.467 e. The molecule has 5 heteroatoms. The molecule has 1 atom stereocenters. The van der Waals surface area contributed by atoms with Gasteiger partial charge in [0.25, 0.3) is 0 Å². The van der Waals surface area contributed by atoms with E-state index in [9.17, 15) is 4.79 Å². The maximum atomic E-state index is 12.0. The van der Waals surface area contributed by atoms with Crippen molar-refractivity contribution in [3.8, 4) is 0 Å². The highest BCUT2D eigenvalue weighted by Crippen LogP contribution is 2.29. The Bertz CT molecular complexity index is 644. The molecule has 3 N–H and O–H groups in total. The number of ether oxygens (including phenoxy) is 1. The number of halogens is 1. The van der Waals surface area contributed by atoms with Crippen LogP contribution in [0.3, 0.4) is 0 Å². The molecule has 4 nitrogen and oxygen atoms in total. The van der Waals surface area contributed by atoms with E-state index >= 15 is 0 Å². The van der Waals surface area contributed by atoms with Crippen molar-refractivity contribution in [3.63, 3.8) is 0 Å². The molecule has 0 aliphatic heterocycles. The standard InChI is InChI=1S/C16H17ClN2O2/c1-10-8-13(18)12(17)9-14(10)19-15(16(20)21-2)11-6-4-3-5-7-11/h3-9,15,19H,18H2,1-2H3. The topological polar surface area (TPSA) is 64.3 Å². The summed E-state index contributed by atoms with van der Waals surface area (Å²) in [5.41, 5.74) is 8.74. The van der Waals surface area contributed by atoms with E-state index in [0.717, 1.165) is 16.8 Å². The maximum Gasteiger partial charge on any atom is 0.332 e. The van der Waals surface area contributed by atoms with Gasteiger partial charge in [-0.3, -0.25) is 0 Å². The van der Waals surface area contributed by atoms with Crippen LogP contribution in [0.15, 0.2) is 42.5 Å². The number of carbonyl (C=O) groups is 1. The summed E-state index contributed by atoms with van der Waals surface area (Å²) in [6, 6.07) is 12.2. The van der Waals surface area contributed by atoms with Crippen LogP contribution in [0.2, 0.25) is 5.02 Å². The second-order valence-electron chi connectivity index (χ2n) is 4.70. The molecule has 2 rings (SSSR count). The molecule has 0 heterocycles. The first-order valence-electron chi connectivity index (χ1n) is 6.48. The van der Waals surface area contributed by atoms with Gasteiger partial charge in [0.1, 0.15) is 0 Å². The molecule has 0 radical (unpaired) electrons. The van der Waals surface area contributed by atoms with Gasteiger partial charge in [0.2, 0.25) is 0 Å². The number of esters is 1. The number of carbonyl (C=O) groups excluding carboxylic acids is 1. The number of nitrogen functional groups attached to an aromatic ring is 1. The lowest BCUT2D eigenvalue weighted by molar-refractivity contribution is -0.141. The molecule has 0 bridgehead atoms. The minimum absolute atomic E-state index is 0.367. The molecule has 2 aromatic rings. The van der Waals surface area contributed by atoms with Crippen LogP contribution in [0, 0.1) is 6.92 Å². The number of nitrogens with two attached hydrogens (primary N) is 1. The first-order chi connectivity index (χ1) is 10.0. The van der Waals surface area contributed by atoms with Gasteiger partial charge in [-0.2, -0.15) is 0 Å². The quantitative estimate of drug-likeness (QED) is 0.669. The summed E-state index contributed by atoms with van der Waals surface area (Å²) in [7, 11) is 1.36. The van der Waals surface area contributed by atoms with Gasteiger partial charge >= 0.3 is 5.97 Å². The van der Waals surface area contributed by atoms with Gasteiger partial charge in [-0.05, 0) is 30.2 Å². The number of rotatable bonds is 4. The average Bonchev–Trinajstić information content (AvgIpc) is 2.49. The van der Waals surface area contributed by atoms with Gasteiger partial charge in [-0.25, -0.2) is 4.79 Å². The summed E-state index contributed by atoms with van der Waals surface area (Å²) < 4.78 is 4.87. The summed E-state index contributed by atoms with van der Waals surface area (Å²) in [5, 5.41) is 3.61. The van der Waals surface area contributed by atoms with Gasteiger partial charge < -0.3 is 15.8 Å². The summed E-state index contributed by atoms with van der Waals surface area (Å²) in [5.74, 6) is -0.367. The molecule has 0 aliphatic rings. The zero-order chi connectivity index (χ0) is 15.4. The molecule has 0 aromatic heterocycles. The van der Waals surface area contributed by atoms with Crippen LogP contribution in [0.5, 0.6) is 0 Å². The number of hydrogen-bond donors (Lipinski definition) is 2. The zero-order valence-corrected chi connectivity index (χ0v) is 12.6. The van der Waals surface area contributed by atoms with E-state index in [0.29, 0.717) is 10.7 Å². The number of nitrogens with one attached hydrogen (secondary N) is 1. The molecule has 0 saturated heterocycles. The van der Waals surface area contributed by atoms with E-state index in [1.54, 1.807) is 12.1 Å². The number of aryl methyl sites for hydroxylation is 1. The number of hydrogen-bond acceptors (Lipinski definition) is 4. The third-order valence-corrected chi connectivity index (χ3v) is 3.54. The first-order valence-corrected chi connectivity index (χ1v) is 6.85. The molecular weight excluding hydrogens is 288 g/mol. The monoisotopic (exact) mass is 304 g/mol. The lowest BCUT2D eigenvalue weighted by atomic mass is 10.1. The third kappa shape index (κ3) is 3.47. The number of methoxy groups -OCH3 is 1. The van der Waals surface area contributed by atoms with Crippen molar-refractivity contribution in [2.75, 3.05) is 18.2 Å². The van der Waals surface area contributed by atoms with Crippen LogP contribution in [0.1, 0.15) is 17.2 Å². The minimum atomic E-state index is -0.602. The minimum Gasteiger partial charge on any atom is -0.467 e.